The summed E-state index contributed by atoms with van der Waals surface area (Å²) in [4.78, 5) is 11.5. The van der Waals surface area contributed by atoms with Crippen LogP contribution in [0, 0.1) is 0 Å². The first-order valence-electron chi connectivity index (χ1n) is 7.72. The molecule has 0 aromatic rings. The van der Waals surface area contributed by atoms with E-state index in [-0.39, 0.29) is 5.97 Å². The highest BCUT2D eigenvalue weighted by atomic mass is 16.5. The molecule has 1 aliphatic carbocycles. The standard InChI is InChI=1S/C15H29NO2/c1-2-3-4-5-6-9-12-18-15(17)13-16-14-10-7-8-11-14/h14,16H,2-13H2,1H3. The van der Waals surface area contributed by atoms with Crippen molar-refractivity contribution >= 4 is 5.97 Å². The molecule has 0 atom stereocenters. The lowest BCUT2D eigenvalue weighted by atomic mass is 10.1. The summed E-state index contributed by atoms with van der Waals surface area (Å²) in [6, 6.07) is 0.548. The Balaban J connectivity index is 1.84. The number of hydrogen-bond acceptors (Lipinski definition) is 3. The highest BCUT2D eigenvalue weighted by molar-refractivity contribution is 5.71. The number of carbonyl (C=O) groups is 1. The van der Waals surface area contributed by atoms with Crippen molar-refractivity contribution in [1.29, 1.82) is 0 Å². The van der Waals surface area contributed by atoms with Crippen molar-refractivity contribution in [2.24, 2.45) is 0 Å². The molecule has 1 aliphatic rings. The summed E-state index contributed by atoms with van der Waals surface area (Å²) in [5, 5.41) is 3.28. The first-order chi connectivity index (χ1) is 8.83. The maximum Gasteiger partial charge on any atom is 0.319 e. The Kier molecular flexibility index (Phi) is 8.92. The van der Waals surface area contributed by atoms with Crippen molar-refractivity contribution in [1.82, 2.24) is 5.32 Å². The van der Waals surface area contributed by atoms with Gasteiger partial charge in [0.05, 0.1) is 13.2 Å². The molecule has 106 valence electrons. The zero-order valence-corrected chi connectivity index (χ0v) is 11.9. The molecule has 1 fully saturated rings. The molecule has 1 saturated carbocycles. The van der Waals surface area contributed by atoms with E-state index < -0.39 is 0 Å². The van der Waals surface area contributed by atoms with E-state index in [1.54, 1.807) is 0 Å². The average molecular weight is 255 g/mol. The SMILES string of the molecule is CCCCCCCCOC(=O)CNC1CCCC1. The maximum atomic E-state index is 11.5. The van der Waals surface area contributed by atoms with Gasteiger partial charge in [-0.2, -0.15) is 0 Å². The minimum atomic E-state index is -0.0875. The molecular weight excluding hydrogens is 226 g/mol. The summed E-state index contributed by atoms with van der Waals surface area (Å²) in [6.45, 7) is 3.21. The quantitative estimate of drug-likeness (QED) is 0.480. The Bertz CT molecular complexity index is 213. The molecule has 0 unspecified atom stereocenters. The maximum absolute atomic E-state index is 11.5. The molecule has 3 heteroatoms. The van der Waals surface area contributed by atoms with Gasteiger partial charge in [0.15, 0.2) is 0 Å². The first-order valence-corrected chi connectivity index (χ1v) is 7.72. The fourth-order valence-electron chi connectivity index (χ4n) is 2.48. The molecule has 0 aromatic heterocycles. The minimum Gasteiger partial charge on any atom is -0.465 e. The second-order valence-electron chi connectivity index (χ2n) is 5.35. The van der Waals surface area contributed by atoms with Crippen LogP contribution in [-0.4, -0.2) is 25.2 Å². The average Bonchev–Trinajstić information content (AvgIpc) is 2.88. The minimum absolute atomic E-state index is 0.0875. The van der Waals surface area contributed by atoms with E-state index in [0.717, 1.165) is 6.42 Å². The number of rotatable bonds is 10. The smallest absolute Gasteiger partial charge is 0.319 e. The molecule has 0 saturated heterocycles. The van der Waals surface area contributed by atoms with Gasteiger partial charge in [0.1, 0.15) is 0 Å². The molecule has 1 rings (SSSR count). The molecule has 0 radical (unpaired) electrons. The second-order valence-corrected chi connectivity index (χ2v) is 5.35. The molecule has 3 nitrogen and oxygen atoms in total. The van der Waals surface area contributed by atoms with E-state index in [1.807, 2.05) is 0 Å². The van der Waals surface area contributed by atoms with Gasteiger partial charge in [0, 0.05) is 6.04 Å². The van der Waals surface area contributed by atoms with E-state index in [9.17, 15) is 4.79 Å². The fourth-order valence-corrected chi connectivity index (χ4v) is 2.48. The number of ether oxygens (including phenoxy) is 1. The molecular formula is C15H29NO2. The van der Waals surface area contributed by atoms with E-state index in [1.165, 1.54) is 57.8 Å². The van der Waals surface area contributed by atoms with E-state index >= 15 is 0 Å². The highest BCUT2D eigenvalue weighted by Crippen LogP contribution is 2.17. The van der Waals surface area contributed by atoms with Gasteiger partial charge < -0.3 is 10.1 Å². The number of hydrogen-bond donors (Lipinski definition) is 1. The summed E-state index contributed by atoms with van der Waals surface area (Å²) in [6.07, 6.45) is 12.4. The van der Waals surface area contributed by atoms with Gasteiger partial charge in [-0.05, 0) is 19.3 Å². The van der Waals surface area contributed by atoms with Gasteiger partial charge in [-0.3, -0.25) is 4.79 Å². The predicted molar refractivity (Wildman–Crippen MR) is 74.6 cm³/mol. The van der Waals surface area contributed by atoms with Crippen molar-refractivity contribution < 1.29 is 9.53 Å². The van der Waals surface area contributed by atoms with Crippen LogP contribution in [0.15, 0.2) is 0 Å². The zero-order valence-electron chi connectivity index (χ0n) is 11.9. The molecule has 0 aromatic carbocycles. The largest absolute Gasteiger partial charge is 0.465 e. The molecule has 18 heavy (non-hydrogen) atoms. The first kappa shape index (κ1) is 15.5. The molecule has 0 aliphatic heterocycles. The molecule has 1 N–H and O–H groups in total. The molecule has 0 spiro atoms. The molecule has 0 bridgehead atoms. The summed E-state index contributed by atoms with van der Waals surface area (Å²) < 4.78 is 5.21. The van der Waals surface area contributed by atoms with Gasteiger partial charge >= 0.3 is 5.97 Å². The van der Waals surface area contributed by atoms with Crippen molar-refractivity contribution in [2.75, 3.05) is 13.2 Å². The molecule has 0 heterocycles. The van der Waals surface area contributed by atoms with Gasteiger partial charge in [-0.1, -0.05) is 51.9 Å². The van der Waals surface area contributed by atoms with Gasteiger partial charge in [-0.25, -0.2) is 0 Å². The monoisotopic (exact) mass is 255 g/mol. The Hall–Kier alpha value is -0.570. The lowest BCUT2D eigenvalue weighted by Gasteiger charge is -2.11. The van der Waals surface area contributed by atoms with E-state index in [4.69, 9.17) is 4.74 Å². The number of carbonyl (C=O) groups excluding carboxylic acids is 1. The van der Waals surface area contributed by atoms with Crippen LogP contribution in [0.1, 0.15) is 71.1 Å². The van der Waals surface area contributed by atoms with Crippen LogP contribution in [0.3, 0.4) is 0 Å². The Morgan fingerprint density at radius 2 is 1.78 bits per heavy atom. The van der Waals surface area contributed by atoms with Crippen LogP contribution >= 0.6 is 0 Å². The topological polar surface area (TPSA) is 38.3 Å². The third-order valence-electron chi connectivity index (χ3n) is 3.65. The predicted octanol–water partition coefficient (Wildman–Crippen LogP) is 3.42. The highest BCUT2D eigenvalue weighted by Gasteiger charge is 2.15. The van der Waals surface area contributed by atoms with Gasteiger partial charge in [-0.15, -0.1) is 0 Å². The number of nitrogens with one attached hydrogen (secondary N) is 1. The van der Waals surface area contributed by atoms with Crippen LogP contribution in [-0.2, 0) is 9.53 Å². The van der Waals surface area contributed by atoms with Crippen molar-refractivity contribution in [2.45, 2.75) is 77.2 Å². The Morgan fingerprint density at radius 1 is 1.11 bits per heavy atom. The van der Waals surface area contributed by atoms with Gasteiger partial charge in [0.2, 0.25) is 0 Å². The van der Waals surface area contributed by atoms with Crippen LogP contribution in [0.4, 0.5) is 0 Å². The normalized spacial score (nSPS) is 16.1. The third-order valence-corrected chi connectivity index (χ3v) is 3.65. The van der Waals surface area contributed by atoms with Crippen molar-refractivity contribution in [3.05, 3.63) is 0 Å². The van der Waals surface area contributed by atoms with Crippen LogP contribution in [0.5, 0.6) is 0 Å². The lowest BCUT2D eigenvalue weighted by Crippen LogP contribution is -2.32. The number of esters is 1. The third kappa shape index (κ3) is 7.70. The van der Waals surface area contributed by atoms with Crippen molar-refractivity contribution in [3.8, 4) is 0 Å². The summed E-state index contributed by atoms with van der Waals surface area (Å²) in [5.41, 5.74) is 0. The lowest BCUT2D eigenvalue weighted by molar-refractivity contribution is -0.142. The summed E-state index contributed by atoms with van der Waals surface area (Å²) >= 11 is 0. The van der Waals surface area contributed by atoms with Crippen molar-refractivity contribution in [3.63, 3.8) is 0 Å². The van der Waals surface area contributed by atoms with Crippen LogP contribution in [0.2, 0.25) is 0 Å². The zero-order chi connectivity index (χ0) is 13.1. The number of unbranched alkanes of at least 4 members (excludes halogenated alkanes) is 5. The Morgan fingerprint density at radius 3 is 2.50 bits per heavy atom. The van der Waals surface area contributed by atoms with Gasteiger partial charge in [0.25, 0.3) is 0 Å². The summed E-state index contributed by atoms with van der Waals surface area (Å²) in [5.74, 6) is -0.0875. The second kappa shape index (κ2) is 10.4. The van der Waals surface area contributed by atoms with Crippen LogP contribution in [0.25, 0.3) is 0 Å². The Labute approximate surface area is 112 Å². The van der Waals surface area contributed by atoms with E-state index in [2.05, 4.69) is 12.2 Å². The summed E-state index contributed by atoms with van der Waals surface area (Å²) in [7, 11) is 0. The molecule has 0 amide bonds. The van der Waals surface area contributed by atoms with Crippen LogP contribution < -0.4 is 5.32 Å². The van der Waals surface area contributed by atoms with E-state index in [0.29, 0.717) is 19.2 Å². The fraction of sp³-hybridized carbons (Fsp3) is 0.933.